The van der Waals surface area contributed by atoms with Crippen LogP contribution < -0.4 is 5.32 Å². The lowest BCUT2D eigenvalue weighted by Gasteiger charge is -2.34. The average molecular weight is 464 g/mol. The van der Waals surface area contributed by atoms with E-state index in [1.807, 2.05) is 24.5 Å². The normalized spacial score (nSPS) is 19.2. The minimum absolute atomic E-state index is 0.138. The van der Waals surface area contributed by atoms with Gasteiger partial charge in [-0.3, -0.25) is 14.3 Å². The number of piperazine rings is 1. The Morgan fingerprint density at radius 2 is 1.94 bits per heavy atom. The van der Waals surface area contributed by atoms with E-state index in [1.54, 1.807) is 0 Å². The third kappa shape index (κ3) is 4.49. The Hall–Kier alpha value is -2.52. The van der Waals surface area contributed by atoms with Crippen LogP contribution in [-0.4, -0.2) is 62.3 Å². The number of carbonyl (C=O) groups excluding carboxylic acids is 1. The number of carbonyl (C=O) groups is 1. The van der Waals surface area contributed by atoms with Crippen molar-refractivity contribution in [1.82, 2.24) is 24.7 Å². The highest BCUT2D eigenvalue weighted by Crippen LogP contribution is 2.27. The van der Waals surface area contributed by atoms with Crippen molar-refractivity contribution < 1.29 is 4.79 Å². The van der Waals surface area contributed by atoms with E-state index >= 15 is 0 Å². The molecule has 0 unspecified atom stereocenters. The molecule has 0 bridgehead atoms. The molecule has 3 aromatic rings. The molecular weight excluding hydrogens is 438 g/mol. The summed E-state index contributed by atoms with van der Waals surface area (Å²) in [6, 6.07) is 14.7. The summed E-state index contributed by atoms with van der Waals surface area (Å²) in [7, 11) is 0. The summed E-state index contributed by atoms with van der Waals surface area (Å²) in [6.45, 7) is 8.82. The first kappa shape index (κ1) is 21.3. The number of thioether (sulfide) groups is 1. The minimum Gasteiger partial charge on any atom is -0.307 e. The summed E-state index contributed by atoms with van der Waals surface area (Å²) in [4.78, 5) is 22.2. The number of aromatic nitrogens is 2. The number of likely N-dealkylation sites (N-methyl/N-ethyl adjacent to an activating group) is 1. The highest BCUT2D eigenvalue weighted by molar-refractivity contribution is 8.26. The van der Waals surface area contributed by atoms with Crippen LogP contribution in [-0.2, 0) is 11.3 Å². The van der Waals surface area contributed by atoms with Gasteiger partial charge in [0.25, 0.3) is 5.91 Å². The summed E-state index contributed by atoms with van der Waals surface area (Å²) in [6.07, 6.45) is 3.75. The van der Waals surface area contributed by atoms with E-state index in [-0.39, 0.29) is 5.91 Å². The molecule has 2 saturated heterocycles. The Labute approximate surface area is 197 Å². The minimum atomic E-state index is -0.138. The van der Waals surface area contributed by atoms with Gasteiger partial charge in [-0.25, -0.2) is 4.98 Å². The van der Waals surface area contributed by atoms with Crippen LogP contribution in [0.3, 0.4) is 0 Å². The molecule has 0 atom stereocenters. The molecule has 1 aromatic heterocycles. The number of hydrogen-bond donors (Lipinski definition) is 1. The number of rotatable bonds is 5. The van der Waals surface area contributed by atoms with Crippen molar-refractivity contribution in [3.63, 3.8) is 0 Å². The molecule has 2 aliphatic rings. The predicted molar refractivity (Wildman–Crippen MR) is 135 cm³/mol. The number of benzene rings is 2. The number of thiocarbonyl (C=S) groups is 1. The van der Waals surface area contributed by atoms with Crippen molar-refractivity contribution in [2.75, 3.05) is 32.7 Å². The Balaban J connectivity index is 1.40. The van der Waals surface area contributed by atoms with Crippen LogP contribution in [0.15, 0.2) is 53.7 Å². The zero-order valence-corrected chi connectivity index (χ0v) is 19.6. The van der Waals surface area contributed by atoms with E-state index in [9.17, 15) is 4.79 Å². The van der Waals surface area contributed by atoms with Gasteiger partial charge in [0.2, 0.25) is 0 Å². The lowest BCUT2D eigenvalue weighted by Crippen LogP contribution is -2.45. The zero-order valence-electron chi connectivity index (χ0n) is 18.0. The summed E-state index contributed by atoms with van der Waals surface area (Å²) < 4.78 is 2.61. The van der Waals surface area contributed by atoms with Crippen LogP contribution in [0.2, 0.25) is 0 Å². The predicted octanol–water partition coefficient (Wildman–Crippen LogP) is 3.65. The van der Waals surface area contributed by atoms with Crippen LogP contribution in [0, 0.1) is 0 Å². The highest BCUT2D eigenvalue weighted by atomic mass is 32.2. The lowest BCUT2D eigenvalue weighted by atomic mass is 10.1. The van der Waals surface area contributed by atoms with Crippen molar-refractivity contribution in [3.05, 3.63) is 64.8 Å². The number of fused-ring (bicyclic) bond motifs is 1. The summed E-state index contributed by atoms with van der Waals surface area (Å²) in [5, 5.41) is 2.66. The molecule has 6 nitrogen and oxygen atoms in total. The quantitative estimate of drug-likeness (QED) is 0.461. The number of imidazole rings is 1. The topological polar surface area (TPSA) is 53.4 Å². The largest absolute Gasteiger partial charge is 0.307 e. The molecule has 1 amide bonds. The van der Waals surface area contributed by atoms with Gasteiger partial charge in [0.05, 0.1) is 15.9 Å². The van der Waals surface area contributed by atoms with Crippen molar-refractivity contribution in [3.8, 4) is 5.69 Å². The first-order valence-electron chi connectivity index (χ1n) is 10.8. The molecule has 2 aliphatic heterocycles. The Morgan fingerprint density at radius 1 is 1.12 bits per heavy atom. The molecule has 0 saturated carbocycles. The monoisotopic (exact) mass is 463 g/mol. The van der Waals surface area contributed by atoms with E-state index in [0.29, 0.717) is 9.23 Å². The van der Waals surface area contributed by atoms with Gasteiger partial charge in [0.1, 0.15) is 10.6 Å². The van der Waals surface area contributed by atoms with E-state index in [4.69, 9.17) is 12.2 Å². The van der Waals surface area contributed by atoms with Crippen molar-refractivity contribution in [1.29, 1.82) is 0 Å². The molecule has 0 aliphatic carbocycles. The maximum atomic E-state index is 12.0. The molecule has 2 fully saturated rings. The summed E-state index contributed by atoms with van der Waals surface area (Å²) in [5.41, 5.74) is 5.29. The second kappa shape index (κ2) is 9.15. The lowest BCUT2D eigenvalue weighted by molar-refractivity contribution is -0.115. The third-order valence-electron chi connectivity index (χ3n) is 6.02. The second-order valence-electron chi connectivity index (χ2n) is 8.10. The molecule has 1 N–H and O–H groups in total. The molecule has 32 heavy (non-hydrogen) atoms. The maximum Gasteiger partial charge on any atom is 0.263 e. The molecule has 3 heterocycles. The van der Waals surface area contributed by atoms with E-state index in [0.717, 1.165) is 61.6 Å². The molecule has 5 rings (SSSR count). The Morgan fingerprint density at radius 3 is 2.69 bits per heavy atom. The fourth-order valence-corrected chi connectivity index (χ4v) is 5.26. The molecule has 0 spiro atoms. The number of nitrogens with zero attached hydrogens (tertiary/aromatic N) is 4. The van der Waals surface area contributed by atoms with Crippen LogP contribution in [0.1, 0.15) is 18.1 Å². The Bertz CT molecular complexity index is 1210. The van der Waals surface area contributed by atoms with Gasteiger partial charge in [0, 0.05) is 38.4 Å². The van der Waals surface area contributed by atoms with Gasteiger partial charge >= 0.3 is 0 Å². The molecule has 164 valence electrons. The molecule has 0 radical (unpaired) electrons. The first-order chi connectivity index (χ1) is 15.6. The van der Waals surface area contributed by atoms with Crippen molar-refractivity contribution in [2.45, 2.75) is 13.5 Å². The summed E-state index contributed by atoms with van der Waals surface area (Å²) in [5.74, 6) is -0.138. The van der Waals surface area contributed by atoms with Crippen LogP contribution in [0.25, 0.3) is 22.8 Å². The first-order valence-corrected chi connectivity index (χ1v) is 12.1. The van der Waals surface area contributed by atoms with Crippen LogP contribution in [0.5, 0.6) is 0 Å². The fourth-order valence-electron chi connectivity index (χ4n) is 4.22. The molecule has 8 heteroatoms. The van der Waals surface area contributed by atoms with Crippen LogP contribution in [0.4, 0.5) is 0 Å². The average Bonchev–Trinajstić information content (AvgIpc) is 3.36. The van der Waals surface area contributed by atoms with Gasteiger partial charge in [-0.05, 0) is 48.0 Å². The zero-order chi connectivity index (χ0) is 22.1. The van der Waals surface area contributed by atoms with E-state index in [2.05, 4.69) is 61.9 Å². The number of hydrogen-bond acceptors (Lipinski definition) is 6. The van der Waals surface area contributed by atoms with Gasteiger partial charge in [-0.2, -0.15) is 0 Å². The third-order valence-corrected chi connectivity index (χ3v) is 7.18. The van der Waals surface area contributed by atoms with E-state index in [1.165, 1.54) is 17.3 Å². The van der Waals surface area contributed by atoms with Gasteiger partial charge < -0.3 is 10.2 Å². The summed E-state index contributed by atoms with van der Waals surface area (Å²) >= 11 is 6.39. The van der Waals surface area contributed by atoms with Gasteiger partial charge in [-0.1, -0.05) is 49.1 Å². The number of nitrogens with one attached hydrogen (secondary N) is 1. The SMILES string of the molecule is CCN1CCN(Cc2cccc(-n3cnc4ccc(C=C5SC(=S)NC5=O)cc43)c2)CC1. The maximum absolute atomic E-state index is 12.0. The standard InChI is InChI=1S/C24H25N5OS2/c1-2-27-8-10-28(11-9-27)15-18-4-3-5-19(12-18)29-16-25-20-7-6-17(13-21(20)29)14-22-23(30)26-24(31)32-22/h3-7,12-14,16H,2,8-11,15H2,1H3,(H,26,30,31). The highest BCUT2D eigenvalue weighted by Gasteiger charge is 2.22. The number of amides is 1. The fraction of sp³-hybridized carbons (Fsp3) is 0.292. The van der Waals surface area contributed by atoms with Gasteiger partial charge in [0.15, 0.2) is 0 Å². The smallest absolute Gasteiger partial charge is 0.263 e. The van der Waals surface area contributed by atoms with Gasteiger partial charge in [-0.15, -0.1) is 0 Å². The molecular formula is C24H25N5OS2. The second-order valence-corrected chi connectivity index (χ2v) is 9.81. The Kier molecular flexibility index (Phi) is 6.10. The van der Waals surface area contributed by atoms with Crippen molar-refractivity contribution >= 4 is 51.3 Å². The van der Waals surface area contributed by atoms with Crippen molar-refractivity contribution in [2.24, 2.45) is 0 Å². The van der Waals surface area contributed by atoms with Crippen LogP contribution >= 0.6 is 24.0 Å². The molecule has 2 aromatic carbocycles. The van der Waals surface area contributed by atoms with E-state index < -0.39 is 0 Å².